The molecule has 3 aliphatic rings. The van der Waals surface area contributed by atoms with Crippen molar-refractivity contribution in [2.45, 2.75) is 53.9 Å². The van der Waals surface area contributed by atoms with Crippen LogP contribution in [0.4, 0.5) is 56.6 Å². The van der Waals surface area contributed by atoms with E-state index in [0.29, 0.717) is 100 Å². The Morgan fingerprint density at radius 1 is 0.378 bits per heavy atom. The van der Waals surface area contributed by atoms with Crippen LogP contribution in [-0.2, 0) is 14.2 Å². The molecule has 0 aliphatic carbocycles. The second-order valence-electron chi connectivity index (χ2n) is 24.8. The number of halogens is 13. The number of ether oxygens (including phenoxy) is 3. The number of morpholine rings is 3. The first-order valence-electron chi connectivity index (χ1n) is 33.5. The number of pyridine rings is 3. The third-order valence-electron chi connectivity index (χ3n) is 18.2. The average Bonchev–Trinajstić information content (AvgIpc) is 0.754. The molecule has 580 valence electrons. The molecule has 12 aromatic rings. The van der Waals surface area contributed by atoms with Gasteiger partial charge in [0.15, 0.2) is 17.5 Å². The number of hydrogen-bond donors (Lipinski definition) is 5. The molecule has 6 aromatic heterocycles. The number of aryl methyl sites for hydroxylation is 3. The van der Waals surface area contributed by atoms with Gasteiger partial charge in [-0.05, 0) is 96.4 Å². The van der Waals surface area contributed by atoms with E-state index >= 15 is 26.3 Å². The Bertz CT molecular complexity index is 5180. The maximum Gasteiger partial charge on any atom is 0.491 e. The third kappa shape index (κ3) is 17.9. The summed E-state index contributed by atoms with van der Waals surface area (Å²) < 4.78 is 151. The van der Waals surface area contributed by atoms with Crippen molar-refractivity contribution in [3.05, 3.63) is 251 Å². The van der Waals surface area contributed by atoms with Gasteiger partial charge in [0.2, 0.25) is 0 Å². The van der Waals surface area contributed by atoms with Gasteiger partial charge in [-0.15, -0.1) is 0 Å². The highest BCUT2D eigenvalue weighted by Crippen LogP contribution is 2.43. The number of rotatable bonds is 12. The van der Waals surface area contributed by atoms with Crippen molar-refractivity contribution in [1.29, 1.82) is 0 Å². The minimum Gasteiger partial charge on any atom is -0.423 e. The van der Waals surface area contributed by atoms with Crippen LogP contribution in [0.15, 0.2) is 133 Å². The van der Waals surface area contributed by atoms with Gasteiger partial charge < -0.3 is 54.3 Å². The summed E-state index contributed by atoms with van der Waals surface area (Å²) in [6.07, 6.45) is 8.87. The Balaban J connectivity index is 0.000000162. The zero-order chi connectivity index (χ0) is 77.6. The van der Waals surface area contributed by atoms with E-state index in [0.717, 1.165) is 36.4 Å². The molecular formula is C77H70BBrCl3F9N12O8. The summed E-state index contributed by atoms with van der Waals surface area (Å²) in [6.45, 7) is 10.4. The standard InChI is InChI=1S/2C25H20ClF3N4O2.C13H11BrF2N2O.C12H11BClFN2O3.2CH4/c2*1-13-23(32-5-4-30-13)25(34)16-10-15(18(27)11-17(16)26)14-2-3-31-24-21(14)19(28)12-20(22(24)29)33-6-8-35-9-7-33;14-8-1-2-17-13-11(8)9(15)7-10(12(13)16)18-3-5-19-6-4-18;1-6-11(17-3-2-16-6)12(18)7-4-8(13(19)20)10(15)5-9(7)14;;/h2*2-5,10-12,25,34H,6-9H2,1H3;1-2,7H,3-6H2;2-5,12,18-20H,1H3;2*1H4/t2*25-;;;;/m10..../s1. The number of fused-ring (bicyclic) bond motifs is 3. The molecule has 34 heteroatoms. The van der Waals surface area contributed by atoms with E-state index in [-0.39, 0.29) is 141 Å². The zero-order valence-electron chi connectivity index (χ0n) is 57.7. The van der Waals surface area contributed by atoms with Gasteiger partial charge in [-0.2, -0.15) is 0 Å². The lowest BCUT2D eigenvalue weighted by Crippen LogP contribution is -2.36. The summed E-state index contributed by atoms with van der Waals surface area (Å²) >= 11 is 21.6. The first kappa shape index (κ1) is 84.1. The molecule has 3 atom stereocenters. The molecule has 0 spiro atoms. The minimum absolute atomic E-state index is 0. The lowest BCUT2D eigenvalue weighted by atomic mass is 9.78. The number of aliphatic hydroxyl groups is 3. The fourth-order valence-corrected chi connectivity index (χ4v) is 14.0. The van der Waals surface area contributed by atoms with Crippen LogP contribution in [0.2, 0.25) is 15.1 Å². The Hall–Kier alpha value is -9.35. The maximum atomic E-state index is 15.5. The van der Waals surface area contributed by atoms with Crippen LogP contribution < -0.4 is 20.2 Å². The number of benzene rings is 6. The van der Waals surface area contributed by atoms with Crippen LogP contribution in [0.5, 0.6) is 0 Å². The monoisotopic (exact) mass is 1660 g/mol. The Labute approximate surface area is 654 Å². The lowest BCUT2D eigenvalue weighted by Gasteiger charge is -2.29. The number of aliphatic hydroxyl groups excluding tert-OH is 3. The van der Waals surface area contributed by atoms with Gasteiger partial charge in [0.05, 0.1) is 96.3 Å². The van der Waals surface area contributed by atoms with Crippen LogP contribution in [0.1, 0.15) is 84.0 Å². The first-order valence-corrected chi connectivity index (χ1v) is 35.4. The van der Waals surface area contributed by atoms with Crippen molar-refractivity contribution in [3.8, 4) is 22.3 Å². The predicted octanol–water partition coefficient (Wildman–Crippen LogP) is 14.7. The normalized spacial score (nSPS) is 14.4. The van der Waals surface area contributed by atoms with E-state index < -0.39 is 77.8 Å². The summed E-state index contributed by atoms with van der Waals surface area (Å²) in [4.78, 5) is 41.8. The van der Waals surface area contributed by atoms with Gasteiger partial charge in [-0.25, -0.2) is 39.5 Å². The van der Waals surface area contributed by atoms with E-state index in [4.69, 9.17) is 59.1 Å². The van der Waals surface area contributed by atoms with Crippen LogP contribution >= 0.6 is 50.7 Å². The van der Waals surface area contributed by atoms with Gasteiger partial charge >= 0.3 is 7.12 Å². The number of hydrogen-bond acceptors (Lipinski definition) is 20. The van der Waals surface area contributed by atoms with Gasteiger partial charge in [-0.1, -0.05) is 55.7 Å². The molecule has 1 unspecified atom stereocenters. The molecule has 15 rings (SSSR count). The second-order valence-corrected chi connectivity index (χ2v) is 26.9. The highest BCUT2D eigenvalue weighted by Gasteiger charge is 2.31. The SMILES string of the molecule is C.C.Cc1nccnc1C(O)c1cc(B(O)O)c(F)cc1Cl.Cc1nccnc1[C@@H](O)c1cc(-c2ccnc3c(F)c(N4CCOCC4)cc(F)c23)c(F)cc1Cl.Cc1nccnc1[C@H](O)c1cc(-c2ccnc3c(F)c(N4CCOCC4)cc(F)c23)c(F)cc1Cl.Fc1c(N2CCOCC2)cc(F)c2c(Br)ccnc12. The number of aromatic nitrogens is 9. The molecular weight excluding hydrogens is 1590 g/mol. The van der Waals surface area contributed by atoms with Crippen molar-refractivity contribution in [1.82, 2.24) is 44.9 Å². The molecule has 3 saturated heterocycles. The van der Waals surface area contributed by atoms with Gasteiger partial charge in [0.25, 0.3) is 0 Å². The number of anilines is 3. The Morgan fingerprint density at radius 3 is 1.01 bits per heavy atom. The van der Waals surface area contributed by atoms with Crippen LogP contribution in [-0.4, -0.2) is 156 Å². The third-order valence-corrected chi connectivity index (χ3v) is 19.9. The quantitative estimate of drug-likeness (QED) is 0.0563. The average molecular weight is 1660 g/mol. The topological polar surface area (TPSA) is 255 Å². The fourth-order valence-electron chi connectivity index (χ4n) is 12.7. The highest BCUT2D eigenvalue weighted by molar-refractivity contribution is 9.10. The Kier molecular flexibility index (Phi) is 27.9. The minimum atomic E-state index is -2.00. The molecule has 9 heterocycles. The summed E-state index contributed by atoms with van der Waals surface area (Å²) in [5.74, 6) is -6.23. The van der Waals surface area contributed by atoms with Crippen molar-refractivity contribution in [2.24, 2.45) is 0 Å². The smallest absolute Gasteiger partial charge is 0.423 e. The maximum absolute atomic E-state index is 15.5. The molecule has 0 radical (unpaired) electrons. The van der Waals surface area contributed by atoms with Crippen molar-refractivity contribution in [2.75, 3.05) is 93.6 Å². The van der Waals surface area contributed by atoms with E-state index in [1.54, 1.807) is 41.5 Å². The molecule has 5 N–H and O–H groups in total. The summed E-state index contributed by atoms with van der Waals surface area (Å²) in [5.41, 5.74) is 2.33. The molecule has 20 nitrogen and oxygen atoms in total. The molecule has 6 aromatic carbocycles. The Morgan fingerprint density at radius 2 is 0.676 bits per heavy atom. The fraction of sp³-hybridized carbons (Fsp3) is 0.260. The van der Waals surface area contributed by atoms with Crippen LogP contribution in [0, 0.1) is 73.1 Å². The highest BCUT2D eigenvalue weighted by atomic mass is 79.9. The molecule has 0 amide bonds. The largest absolute Gasteiger partial charge is 0.491 e. The van der Waals surface area contributed by atoms with Gasteiger partial charge in [0, 0.05) is 177 Å². The summed E-state index contributed by atoms with van der Waals surface area (Å²) in [5, 5.41) is 50.1. The van der Waals surface area contributed by atoms with Crippen LogP contribution in [0.3, 0.4) is 0 Å². The van der Waals surface area contributed by atoms with Crippen molar-refractivity contribution < 1.29 is 79.1 Å². The summed E-state index contributed by atoms with van der Waals surface area (Å²) in [6, 6.07) is 14.5. The summed E-state index contributed by atoms with van der Waals surface area (Å²) in [7, 11) is -2.00. The second kappa shape index (κ2) is 36.9. The number of nitrogens with zero attached hydrogens (tertiary/aromatic N) is 12. The van der Waals surface area contributed by atoms with Gasteiger partial charge in [0.1, 0.15) is 69.8 Å². The molecule has 3 fully saturated rings. The van der Waals surface area contributed by atoms with E-state index in [1.165, 1.54) is 86.1 Å². The molecule has 0 bridgehead atoms. The predicted molar refractivity (Wildman–Crippen MR) is 410 cm³/mol. The lowest BCUT2D eigenvalue weighted by molar-refractivity contribution is 0.122. The van der Waals surface area contributed by atoms with E-state index in [2.05, 4.69) is 60.8 Å². The van der Waals surface area contributed by atoms with Crippen molar-refractivity contribution in [3.63, 3.8) is 0 Å². The van der Waals surface area contributed by atoms with Gasteiger partial charge in [-0.3, -0.25) is 44.9 Å². The van der Waals surface area contributed by atoms with Crippen LogP contribution in [0.25, 0.3) is 55.0 Å². The first-order chi connectivity index (χ1) is 52.3. The van der Waals surface area contributed by atoms with E-state index in [9.17, 15) is 28.5 Å². The van der Waals surface area contributed by atoms with E-state index in [1.807, 2.05) is 0 Å². The van der Waals surface area contributed by atoms with Crippen molar-refractivity contribution >= 4 is 113 Å². The molecule has 3 aliphatic heterocycles. The molecule has 111 heavy (non-hydrogen) atoms. The zero-order valence-corrected chi connectivity index (χ0v) is 61.5. The molecule has 0 saturated carbocycles.